The van der Waals surface area contributed by atoms with Gasteiger partial charge in [-0.2, -0.15) is 0 Å². The lowest BCUT2D eigenvalue weighted by molar-refractivity contribution is -0.0332. The summed E-state index contributed by atoms with van der Waals surface area (Å²) in [6.45, 7) is 0.115. The van der Waals surface area contributed by atoms with E-state index in [4.69, 9.17) is 10.1 Å². The summed E-state index contributed by atoms with van der Waals surface area (Å²) in [5.41, 5.74) is 0.441. The van der Waals surface area contributed by atoms with Gasteiger partial charge in [0.05, 0.1) is 12.9 Å². The molecule has 10 heteroatoms. The van der Waals surface area contributed by atoms with Crippen molar-refractivity contribution in [2.45, 2.75) is 31.1 Å². The van der Waals surface area contributed by atoms with Crippen LogP contribution in [0.5, 0.6) is 0 Å². The third-order valence-electron chi connectivity index (χ3n) is 4.07. The van der Waals surface area contributed by atoms with E-state index in [9.17, 15) is 15.0 Å². The van der Waals surface area contributed by atoms with Crippen LogP contribution in [0.1, 0.15) is 6.23 Å². The second-order valence-electron chi connectivity index (χ2n) is 5.17. The van der Waals surface area contributed by atoms with E-state index >= 15 is 0 Å². The number of aliphatic hydroxyl groups is 2. The van der Waals surface area contributed by atoms with Crippen molar-refractivity contribution in [3.05, 3.63) is 22.3 Å². The molecule has 1 saturated heterocycles. The van der Waals surface area contributed by atoms with Crippen LogP contribution in [0, 0.1) is 5.41 Å². The van der Waals surface area contributed by atoms with Crippen molar-refractivity contribution in [3.8, 4) is 0 Å². The van der Waals surface area contributed by atoms with E-state index in [0.717, 1.165) is 0 Å². The van der Waals surface area contributed by atoms with Gasteiger partial charge >= 0.3 is 5.69 Å². The van der Waals surface area contributed by atoms with Crippen LogP contribution in [0.4, 0.5) is 0 Å². The number of nitrogens with zero attached hydrogens (tertiary/aromatic N) is 4. The first kappa shape index (κ1) is 14.7. The minimum atomic E-state index is -1.08. The minimum Gasteiger partial charge on any atom is -0.387 e. The van der Waals surface area contributed by atoms with Crippen LogP contribution in [-0.4, -0.2) is 47.2 Å². The number of aliphatic hydroxyl groups excluding tert-OH is 2. The molecular formula is C11H14IN5O4. The number of rotatable bonds is 0. The van der Waals surface area contributed by atoms with Gasteiger partial charge in [0.25, 0.3) is 0 Å². The Labute approximate surface area is 134 Å². The highest BCUT2D eigenvalue weighted by Gasteiger charge is 2.46. The molecule has 4 heterocycles. The summed E-state index contributed by atoms with van der Waals surface area (Å²) in [6, 6.07) is 0. The second-order valence-corrected chi connectivity index (χ2v) is 5.17. The Kier molecular flexibility index (Phi) is 3.24. The molecule has 21 heavy (non-hydrogen) atoms. The van der Waals surface area contributed by atoms with Gasteiger partial charge in [0, 0.05) is 7.05 Å². The molecule has 9 nitrogen and oxygen atoms in total. The zero-order valence-electron chi connectivity index (χ0n) is 11.0. The largest absolute Gasteiger partial charge is 0.387 e. The maximum absolute atomic E-state index is 12.3. The van der Waals surface area contributed by atoms with Crippen LogP contribution < -0.4 is 11.2 Å². The van der Waals surface area contributed by atoms with Gasteiger partial charge < -0.3 is 14.9 Å². The molecule has 4 atom stereocenters. The SMILES string of the molecule is Cn1c(=N)c2ncn3c2n(c1=O)C[C@H]1OC3[C@H](O)[C@@H]1O.I. The van der Waals surface area contributed by atoms with Crippen molar-refractivity contribution in [3.63, 3.8) is 0 Å². The Morgan fingerprint density at radius 1 is 1.43 bits per heavy atom. The van der Waals surface area contributed by atoms with E-state index in [1.165, 1.54) is 27.1 Å². The molecular weight excluding hydrogens is 393 g/mol. The molecule has 0 amide bonds. The van der Waals surface area contributed by atoms with Crippen molar-refractivity contribution in [1.29, 1.82) is 5.41 Å². The van der Waals surface area contributed by atoms with Crippen LogP contribution in [-0.2, 0) is 18.3 Å². The summed E-state index contributed by atoms with van der Waals surface area (Å²) in [7, 11) is 1.50. The number of hydrogen-bond acceptors (Lipinski definition) is 6. The summed E-state index contributed by atoms with van der Waals surface area (Å²) < 4.78 is 9.74. The van der Waals surface area contributed by atoms with Crippen molar-refractivity contribution < 1.29 is 14.9 Å². The molecule has 0 aromatic carbocycles. The fourth-order valence-corrected chi connectivity index (χ4v) is 2.96. The van der Waals surface area contributed by atoms with Crippen LogP contribution >= 0.6 is 24.0 Å². The maximum Gasteiger partial charge on any atom is 0.331 e. The maximum atomic E-state index is 12.3. The first-order chi connectivity index (χ1) is 9.50. The average molecular weight is 407 g/mol. The number of halogens is 1. The number of ether oxygens (including phenoxy) is 1. The lowest BCUT2D eigenvalue weighted by Crippen LogP contribution is -2.43. The van der Waals surface area contributed by atoms with E-state index in [0.29, 0.717) is 11.2 Å². The van der Waals surface area contributed by atoms with E-state index < -0.39 is 24.5 Å². The first-order valence-electron chi connectivity index (χ1n) is 6.23. The summed E-state index contributed by atoms with van der Waals surface area (Å²) >= 11 is 0. The molecule has 2 aromatic heterocycles. The third-order valence-corrected chi connectivity index (χ3v) is 4.07. The number of fused-ring (bicyclic) bond motifs is 3. The lowest BCUT2D eigenvalue weighted by atomic mass is 10.1. The number of hydrogen-bond donors (Lipinski definition) is 3. The van der Waals surface area contributed by atoms with Crippen molar-refractivity contribution in [2.24, 2.45) is 7.05 Å². The highest BCUT2D eigenvalue weighted by Crippen LogP contribution is 2.34. The van der Waals surface area contributed by atoms with Crippen LogP contribution in [0.25, 0.3) is 11.2 Å². The van der Waals surface area contributed by atoms with Crippen molar-refractivity contribution >= 4 is 35.1 Å². The van der Waals surface area contributed by atoms with Crippen LogP contribution in [0.15, 0.2) is 11.1 Å². The van der Waals surface area contributed by atoms with Gasteiger partial charge in [0.2, 0.25) is 0 Å². The minimum absolute atomic E-state index is 0. The Morgan fingerprint density at radius 2 is 2.14 bits per heavy atom. The zero-order valence-corrected chi connectivity index (χ0v) is 13.3. The first-order valence-corrected chi connectivity index (χ1v) is 6.23. The van der Waals surface area contributed by atoms with Gasteiger partial charge in [-0.1, -0.05) is 0 Å². The van der Waals surface area contributed by atoms with Gasteiger partial charge in [-0.15, -0.1) is 24.0 Å². The Morgan fingerprint density at radius 3 is 2.86 bits per heavy atom. The summed E-state index contributed by atoms with van der Waals surface area (Å²) in [5.74, 6) is 0. The molecule has 0 saturated carbocycles. The van der Waals surface area contributed by atoms with E-state index in [1.807, 2.05) is 0 Å². The van der Waals surface area contributed by atoms with Crippen molar-refractivity contribution in [2.75, 3.05) is 0 Å². The molecule has 2 aromatic rings. The Balaban J connectivity index is 0.00000132. The van der Waals surface area contributed by atoms with Crippen LogP contribution in [0.2, 0.25) is 0 Å². The number of aromatic nitrogens is 4. The highest BCUT2D eigenvalue weighted by molar-refractivity contribution is 14.0. The van der Waals surface area contributed by atoms with E-state index in [-0.39, 0.29) is 41.7 Å². The van der Waals surface area contributed by atoms with Gasteiger partial charge in [-0.25, -0.2) is 9.78 Å². The van der Waals surface area contributed by atoms with E-state index in [2.05, 4.69) is 4.98 Å². The predicted octanol–water partition coefficient (Wildman–Crippen LogP) is -1.73. The number of nitrogens with one attached hydrogen (secondary N) is 1. The molecule has 4 rings (SSSR count). The monoisotopic (exact) mass is 407 g/mol. The molecule has 114 valence electrons. The molecule has 2 aliphatic rings. The molecule has 2 bridgehead atoms. The zero-order chi connectivity index (χ0) is 14.2. The average Bonchev–Trinajstić information content (AvgIpc) is 2.91. The fraction of sp³-hybridized carbons (Fsp3) is 0.545. The van der Waals surface area contributed by atoms with Crippen molar-refractivity contribution in [1.82, 2.24) is 18.7 Å². The second kappa shape index (κ2) is 4.63. The van der Waals surface area contributed by atoms with Crippen LogP contribution in [0.3, 0.4) is 0 Å². The molecule has 0 radical (unpaired) electrons. The quantitative estimate of drug-likeness (QED) is 0.449. The molecule has 2 aliphatic heterocycles. The molecule has 1 unspecified atom stereocenters. The normalized spacial score (nSPS) is 30.2. The van der Waals surface area contributed by atoms with Gasteiger partial charge in [-0.3, -0.25) is 19.1 Å². The number of imidazole rings is 1. The Hall–Kier alpha value is -1.24. The van der Waals surface area contributed by atoms with E-state index in [1.54, 1.807) is 0 Å². The highest BCUT2D eigenvalue weighted by atomic mass is 127. The Bertz CT molecular complexity index is 839. The fourth-order valence-electron chi connectivity index (χ4n) is 2.96. The third kappa shape index (κ3) is 1.69. The standard InChI is InChI=1S/C11H13N5O4.HI/c1-14-8(12)5-9-15(11(14)19)2-4-6(17)7(18)10(20-4)16(9)3-13-5;/h3-4,6-7,10,12,17-18H,2H2,1H3;1H/t4-,6-,7-,10?;/m1./s1. The summed E-state index contributed by atoms with van der Waals surface area (Å²) in [4.78, 5) is 16.4. The topological polar surface area (TPSA) is 118 Å². The lowest BCUT2D eigenvalue weighted by Gasteiger charge is -2.20. The van der Waals surface area contributed by atoms with Gasteiger partial charge in [-0.05, 0) is 0 Å². The van der Waals surface area contributed by atoms with Gasteiger partial charge in [0.1, 0.15) is 23.8 Å². The molecule has 3 N–H and O–H groups in total. The van der Waals surface area contributed by atoms with Gasteiger partial charge in [0.15, 0.2) is 17.4 Å². The molecule has 0 aliphatic carbocycles. The molecule has 0 spiro atoms. The summed E-state index contributed by atoms with van der Waals surface area (Å²) in [5, 5.41) is 27.9. The smallest absolute Gasteiger partial charge is 0.331 e. The molecule has 1 fully saturated rings. The summed E-state index contributed by atoms with van der Waals surface area (Å²) in [6.07, 6.45) is -2.16. The predicted molar refractivity (Wildman–Crippen MR) is 80.2 cm³/mol.